The Morgan fingerprint density at radius 3 is 2.89 bits per heavy atom. The summed E-state index contributed by atoms with van der Waals surface area (Å²) in [4.78, 5) is 0. The van der Waals surface area contributed by atoms with Gasteiger partial charge in [0.25, 0.3) is 0 Å². The highest BCUT2D eigenvalue weighted by Gasteiger charge is 2.25. The van der Waals surface area contributed by atoms with Crippen LogP contribution in [-0.2, 0) is 11.2 Å². The van der Waals surface area contributed by atoms with Crippen molar-refractivity contribution in [2.45, 2.75) is 52.2 Å². The lowest BCUT2D eigenvalue weighted by atomic mass is 9.95. The van der Waals surface area contributed by atoms with Crippen molar-refractivity contribution >= 4 is 21.6 Å². The summed E-state index contributed by atoms with van der Waals surface area (Å²) in [6, 6.07) is 7.04. The molecule has 3 heteroatoms. The molecule has 2 atom stereocenters. The Hall–Kier alpha value is -0.540. The molecule has 1 aliphatic heterocycles. The van der Waals surface area contributed by atoms with Crippen LogP contribution in [0.1, 0.15) is 39.2 Å². The van der Waals surface area contributed by atoms with Crippen molar-refractivity contribution in [3.05, 3.63) is 28.2 Å². The van der Waals surface area contributed by atoms with Crippen LogP contribution in [0, 0.1) is 5.92 Å². The van der Waals surface area contributed by atoms with Crippen LogP contribution in [0.15, 0.2) is 22.7 Å². The van der Waals surface area contributed by atoms with Crippen molar-refractivity contribution in [2.24, 2.45) is 5.92 Å². The topological polar surface area (TPSA) is 21.3 Å². The molecular formula is C16H24BrNO. The highest BCUT2D eigenvalue weighted by molar-refractivity contribution is 9.10. The van der Waals surface area contributed by atoms with Gasteiger partial charge in [0.2, 0.25) is 0 Å². The van der Waals surface area contributed by atoms with Gasteiger partial charge in [0, 0.05) is 22.8 Å². The van der Waals surface area contributed by atoms with E-state index in [0.29, 0.717) is 18.1 Å². The first-order valence-corrected chi connectivity index (χ1v) is 8.06. The van der Waals surface area contributed by atoms with Crippen LogP contribution in [0.4, 0.5) is 5.69 Å². The predicted molar refractivity (Wildman–Crippen MR) is 84.7 cm³/mol. The molecule has 1 saturated heterocycles. The van der Waals surface area contributed by atoms with Gasteiger partial charge >= 0.3 is 0 Å². The van der Waals surface area contributed by atoms with Crippen molar-refractivity contribution in [3.63, 3.8) is 0 Å². The van der Waals surface area contributed by atoms with E-state index in [4.69, 9.17) is 4.74 Å². The maximum atomic E-state index is 5.84. The summed E-state index contributed by atoms with van der Waals surface area (Å²) in [6.07, 6.45) is 3.66. The van der Waals surface area contributed by atoms with Crippen molar-refractivity contribution in [1.82, 2.24) is 0 Å². The van der Waals surface area contributed by atoms with Gasteiger partial charge < -0.3 is 10.1 Å². The summed E-state index contributed by atoms with van der Waals surface area (Å²) in [7, 11) is 0. The van der Waals surface area contributed by atoms with E-state index in [1.54, 1.807) is 0 Å². The van der Waals surface area contributed by atoms with E-state index in [0.717, 1.165) is 30.3 Å². The highest BCUT2D eigenvalue weighted by atomic mass is 79.9. The third-order valence-electron chi connectivity index (χ3n) is 3.87. The molecule has 0 aliphatic carbocycles. The molecule has 19 heavy (non-hydrogen) atoms. The van der Waals surface area contributed by atoms with Gasteiger partial charge in [-0.25, -0.2) is 0 Å². The van der Waals surface area contributed by atoms with Gasteiger partial charge in [-0.05, 0) is 48.9 Å². The molecule has 1 aliphatic rings. The fraction of sp³-hybridized carbons (Fsp3) is 0.625. The van der Waals surface area contributed by atoms with E-state index in [2.05, 4.69) is 60.2 Å². The molecule has 0 spiro atoms. The fourth-order valence-electron chi connectivity index (χ4n) is 2.64. The van der Waals surface area contributed by atoms with Gasteiger partial charge in [0.05, 0.1) is 6.10 Å². The van der Waals surface area contributed by atoms with Crippen LogP contribution in [0.25, 0.3) is 0 Å². The molecule has 0 radical (unpaired) electrons. The number of hydrogen-bond donors (Lipinski definition) is 1. The Labute approximate surface area is 125 Å². The maximum Gasteiger partial charge on any atom is 0.0617 e. The van der Waals surface area contributed by atoms with E-state index < -0.39 is 0 Å². The minimum absolute atomic E-state index is 0.395. The van der Waals surface area contributed by atoms with Crippen molar-refractivity contribution in [1.29, 1.82) is 0 Å². The Kier molecular flexibility index (Phi) is 5.28. The molecule has 1 aromatic carbocycles. The third-order valence-corrected chi connectivity index (χ3v) is 4.36. The van der Waals surface area contributed by atoms with Crippen molar-refractivity contribution < 1.29 is 4.74 Å². The van der Waals surface area contributed by atoms with E-state index in [9.17, 15) is 0 Å². The Morgan fingerprint density at radius 2 is 2.21 bits per heavy atom. The Bertz CT molecular complexity index is 419. The summed E-state index contributed by atoms with van der Waals surface area (Å²) in [5.74, 6) is 0.597. The Balaban J connectivity index is 2.04. The van der Waals surface area contributed by atoms with Gasteiger partial charge in [-0.2, -0.15) is 0 Å². The average molecular weight is 326 g/mol. The van der Waals surface area contributed by atoms with Crippen molar-refractivity contribution in [2.75, 3.05) is 11.9 Å². The van der Waals surface area contributed by atoms with Crippen LogP contribution >= 0.6 is 15.9 Å². The van der Waals surface area contributed by atoms with Gasteiger partial charge in [0.1, 0.15) is 0 Å². The second kappa shape index (κ2) is 6.76. The number of benzene rings is 1. The molecule has 1 fully saturated rings. The zero-order valence-electron chi connectivity index (χ0n) is 12.1. The quantitative estimate of drug-likeness (QED) is 0.871. The molecule has 0 aromatic heterocycles. The van der Waals surface area contributed by atoms with Gasteiger partial charge in [-0.1, -0.05) is 36.7 Å². The summed E-state index contributed by atoms with van der Waals surface area (Å²) in [5.41, 5.74) is 2.65. The summed E-state index contributed by atoms with van der Waals surface area (Å²) in [6.45, 7) is 7.56. The number of ether oxygens (including phenoxy) is 1. The van der Waals surface area contributed by atoms with Crippen molar-refractivity contribution in [3.8, 4) is 0 Å². The van der Waals surface area contributed by atoms with E-state index in [1.165, 1.54) is 11.3 Å². The molecule has 0 amide bonds. The average Bonchev–Trinajstić information content (AvgIpc) is 2.41. The number of anilines is 1. The number of halogens is 1. The molecule has 0 bridgehead atoms. The molecule has 1 aromatic rings. The van der Waals surface area contributed by atoms with Crippen LogP contribution in [0.2, 0.25) is 0 Å². The van der Waals surface area contributed by atoms with E-state index in [-0.39, 0.29) is 0 Å². The molecule has 1 heterocycles. The molecule has 0 saturated carbocycles. The van der Waals surface area contributed by atoms with Gasteiger partial charge in [0.15, 0.2) is 0 Å². The first-order valence-electron chi connectivity index (χ1n) is 7.26. The molecule has 1 N–H and O–H groups in total. The summed E-state index contributed by atoms with van der Waals surface area (Å²) < 4.78 is 6.99. The first kappa shape index (κ1) is 14.9. The number of nitrogens with one attached hydrogen (secondary N) is 1. The monoisotopic (exact) mass is 325 g/mol. The van der Waals surface area contributed by atoms with Gasteiger partial charge in [-0.15, -0.1) is 0 Å². The zero-order valence-corrected chi connectivity index (χ0v) is 13.7. The highest BCUT2D eigenvalue weighted by Crippen LogP contribution is 2.26. The SMILES string of the molecule is CCc1cc(Br)ccc1NC1CCOC(C(C)C)C1. The third kappa shape index (κ3) is 3.96. The predicted octanol–water partition coefficient (Wildman–Crippen LogP) is 4.63. The van der Waals surface area contributed by atoms with E-state index >= 15 is 0 Å². The van der Waals surface area contributed by atoms with Crippen LogP contribution in [0.3, 0.4) is 0 Å². The minimum atomic E-state index is 0.395. The molecule has 106 valence electrons. The first-order chi connectivity index (χ1) is 9.10. The second-order valence-electron chi connectivity index (χ2n) is 5.67. The standard InChI is InChI=1S/C16H24BrNO/c1-4-12-9-13(17)5-6-15(12)18-14-7-8-19-16(10-14)11(2)3/h5-6,9,11,14,16,18H,4,7-8,10H2,1-3H3. The lowest BCUT2D eigenvalue weighted by Gasteiger charge is -2.33. The smallest absolute Gasteiger partial charge is 0.0617 e. The molecule has 2 rings (SSSR count). The number of aryl methyl sites for hydroxylation is 1. The largest absolute Gasteiger partial charge is 0.382 e. The lowest BCUT2D eigenvalue weighted by molar-refractivity contribution is -0.0160. The van der Waals surface area contributed by atoms with Crippen LogP contribution in [0.5, 0.6) is 0 Å². The molecule has 2 unspecified atom stereocenters. The van der Waals surface area contributed by atoms with Crippen LogP contribution < -0.4 is 5.32 Å². The second-order valence-corrected chi connectivity index (χ2v) is 6.59. The number of rotatable bonds is 4. The molecular weight excluding hydrogens is 302 g/mol. The maximum absolute atomic E-state index is 5.84. The minimum Gasteiger partial charge on any atom is -0.382 e. The lowest BCUT2D eigenvalue weighted by Crippen LogP contribution is -2.36. The molecule has 2 nitrogen and oxygen atoms in total. The fourth-order valence-corrected chi connectivity index (χ4v) is 3.05. The van der Waals surface area contributed by atoms with E-state index in [1.807, 2.05) is 0 Å². The Morgan fingerprint density at radius 1 is 1.42 bits per heavy atom. The summed E-state index contributed by atoms with van der Waals surface area (Å²) in [5, 5.41) is 3.71. The summed E-state index contributed by atoms with van der Waals surface area (Å²) >= 11 is 3.54. The van der Waals surface area contributed by atoms with Gasteiger partial charge in [-0.3, -0.25) is 0 Å². The number of hydrogen-bond acceptors (Lipinski definition) is 2. The normalized spacial score (nSPS) is 23.6. The zero-order chi connectivity index (χ0) is 13.8. The van der Waals surface area contributed by atoms with Crippen LogP contribution in [-0.4, -0.2) is 18.8 Å².